The molecule has 22 heavy (non-hydrogen) atoms. The van der Waals surface area contributed by atoms with E-state index in [1.54, 1.807) is 0 Å². The Kier molecular flexibility index (Phi) is 6.40. The molecule has 0 atom stereocenters. The summed E-state index contributed by atoms with van der Waals surface area (Å²) >= 11 is 0. The Balaban J connectivity index is 1.67. The molecule has 1 aliphatic heterocycles. The zero-order valence-electron chi connectivity index (χ0n) is 13.3. The summed E-state index contributed by atoms with van der Waals surface area (Å²) in [7, 11) is 2.08. The first kappa shape index (κ1) is 16.5. The largest absolute Gasteiger partial charge is 0.355 e. The summed E-state index contributed by atoms with van der Waals surface area (Å²) in [4.78, 5) is 28.1. The Labute approximate surface area is 132 Å². The highest BCUT2D eigenvalue weighted by Gasteiger charge is 2.17. The third-order valence-corrected chi connectivity index (χ3v) is 3.94. The van der Waals surface area contributed by atoms with Gasteiger partial charge in [0.05, 0.1) is 6.42 Å². The van der Waals surface area contributed by atoms with Crippen LogP contribution in [0.5, 0.6) is 0 Å². The molecule has 0 unspecified atom stereocenters. The minimum atomic E-state index is -0.0328. The maximum atomic E-state index is 12.2. The Morgan fingerprint density at radius 1 is 1.09 bits per heavy atom. The van der Waals surface area contributed by atoms with Gasteiger partial charge in [0.2, 0.25) is 11.8 Å². The van der Waals surface area contributed by atoms with Crippen molar-refractivity contribution in [1.29, 1.82) is 0 Å². The van der Waals surface area contributed by atoms with E-state index in [2.05, 4.69) is 17.3 Å². The summed E-state index contributed by atoms with van der Waals surface area (Å²) < 4.78 is 0. The van der Waals surface area contributed by atoms with E-state index in [9.17, 15) is 9.59 Å². The zero-order valence-corrected chi connectivity index (χ0v) is 13.3. The SMILES string of the molecule is CN1CCCN(C(=O)CCNC(=O)Cc2ccccc2)CC1. The van der Waals surface area contributed by atoms with Crippen LogP contribution >= 0.6 is 0 Å². The Hall–Kier alpha value is -1.88. The van der Waals surface area contributed by atoms with Gasteiger partial charge in [0.1, 0.15) is 0 Å². The number of rotatable bonds is 5. The smallest absolute Gasteiger partial charge is 0.224 e. The molecule has 1 N–H and O–H groups in total. The molecule has 1 aromatic rings. The Morgan fingerprint density at radius 2 is 1.86 bits per heavy atom. The number of nitrogens with one attached hydrogen (secondary N) is 1. The van der Waals surface area contributed by atoms with Crippen LogP contribution in [0.25, 0.3) is 0 Å². The van der Waals surface area contributed by atoms with Gasteiger partial charge in [-0.2, -0.15) is 0 Å². The second-order valence-corrected chi connectivity index (χ2v) is 5.80. The second-order valence-electron chi connectivity index (χ2n) is 5.80. The summed E-state index contributed by atoms with van der Waals surface area (Å²) in [6, 6.07) is 9.63. The first-order chi connectivity index (χ1) is 10.6. The van der Waals surface area contributed by atoms with Crippen LogP contribution < -0.4 is 5.32 Å². The van der Waals surface area contributed by atoms with E-state index in [0.29, 0.717) is 19.4 Å². The fourth-order valence-corrected chi connectivity index (χ4v) is 2.61. The van der Waals surface area contributed by atoms with Crippen molar-refractivity contribution < 1.29 is 9.59 Å². The third kappa shape index (κ3) is 5.48. The lowest BCUT2D eigenvalue weighted by Crippen LogP contribution is -2.37. The quantitative estimate of drug-likeness (QED) is 0.879. The zero-order chi connectivity index (χ0) is 15.8. The first-order valence-corrected chi connectivity index (χ1v) is 7.92. The number of hydrogen-bond acceptors (Lipinski definition) is 3. The van der Waals surface area contributed by atoms with Gasteiger partial charge in [-0.1, -0.05) is 30.3 Å². The van der Waals surface area contributed by atoms with Crippen LogP contribution in [0.2, 0.25) is 0 Å². The monoisotopic (exact) mass is 303 g/mol. The first-order valence-electron chi connectivity index (χ1n) is 7.92. The third-order valence-electron chi connectivity index (χ3n) is 3.94. The molecule has 1 saturated heterocycles. The molecule has 0 bridgehead atoms. The number of benzene rings is 1. The molecule has 5 nitrogen and oxygen atoms in total. The lowest BCUT2D eigenvalue weighted by molar-refractivity contribution is -0.131. The maximum absolute atomic E-state index is 12.2. The Bertz CT molecular complexity index is 490. The standard InChI is InChI=1S/C17H25N3O2/c1-19-10-5-11-20(13-12-19)17(22)8-9-18-16(21)14-15-6-3-2-4-7-15/h2-4,6-7H,5,8-14H2,1H3,(H,18,21). The van der Waals surface area contributed by atoms with E-state index >= 15 is 0 Å². The number of nitrogens with zero attached hydrogens (tertiary/aromatic N) is 2. The number of amides is 2. The van der Waals surface area contributed by atoms with Gasteiger partial charge in [-0.25, -0.2) is 0 Å². The lowest BCUT2D eigenvalue weighted by Gasteiger charge is -2.20. The number of carbonyl (C=O) groups excluding carboxylic acids is 2. The molecule has 1 aliphatic rings. The van der Waals surface area contributed by atoms with Gasteiger partial charge in [-0.05, 0) is 25.6 Å². The summed E-state index contributed by atoms with van der Waals surface area (Å²) in [6.07, 6.45) is 1.76. The molecule has 1 fully saturated rings. The predicted molar refractivity (Wildman–Crippen MR) is 86.5 cm³/mol. The fourth-order valence-electron chi connectivity index (χ4n) is 2.61. The lowest BCUT2D eigenvalue weighted by atomic mass is 10.1. The normalized spacial score (nSPS) is 16.1. The van der Waals surface area contributed by atoms with Crippen molar-refractivity contribution in [3.05, 3.63) is 35.9 Å². The average molecular weight is 303 g/mol. The van der Waals surface area contributed by atoms with Crippen molar-refractivity contribution in [2.45, 2.75) is 19.3 Å². The van der Waals surface area contributed by atoms with Crippen LogP contribution in [-0.4, -0.2) is 61.4 Å². The van der Waals surface area contributed by atoms with Crippen molar-refractivity contribution >= 4 is 11.8 Å². The molecular weight excluding hydrogens is 278 g/mol. The molecule has 2 rings (SSSR count). The van der Waals surface area contributed by atoms with E-state index in [1.807, 2.05) is 35.2 Å². The molecule has 0 aliphatic carbocycles. The summed E-state index contributed by atoms with van der Waals surface area (Å²) in [5.41, 5.74) is 0.988. The number of likely N-dealkylation sites (N-methyl/N-ethyl adjacent to an activating group) is 1. The van der Waals surface area contributed by atoms with E-state index < -0.39 is 0 Å². The molecule has 5 heteroatoms. The van der Waals surface area contributed by atoms with Crippen molar-refractivity contribution in [3.8, 4) is 0 Å². The van der Waals surface area contributed by atoms with Crippen LogP contribution in [0.15, 0.2) is 30.3 Å². The van der Waals surface area contributed by atoms with E-state index in [0.717, 1.165) is 38.2 Å². The van der Waals surface area contributed by atoms with Crippen molar-refractivity contribution in [1.82, 2.24) is 15.1 Å². The second kappa shape index (κ2) is 8.54. The van der Waals surface area contributed by atoms with Gasteiger partial charge in [0, 0.05) is 32.6 Å². The fraction of sp³-hybridized carbons (Fsp3) is 0.529. The van der Waals surface area contributed by atoms with Crippen LogP contribution in [-0.2, 0) is 16.0 Å². The minimum Gasteiger partial charge on any atom is -0.355 e. The van der Waals surface area contributed by atoms with Crippen molar-refractivity contribution in [2.75, 3.05) is 39.8 Å². The van der Waals surface area contributed by atoms with Crippen molar-refractivity contribution in [3.63, 3.8) is 0 Å². The predicted octanol–water partition coefficient (Wildman–Crippen LogP) is 0.900. The Morgan fingerprint density at radius 3 is 2.64 bits per heavy atom. The topological polar surface area (TPSA) is 52.6 Å². The summed E-state index contributed by atoms with van der Waals surface area (Å²) in [5.74, 6) is 0.102. The van der Waals surface area contributed by atoms with Gasteiger partial charge in [0.25, 0.3) is 0 Å². The summed E-state index contributed by atoms with van der Waals surface area (Å²) in [5, 5.41) is 2.83. The molecular formula is C17H25N3O2. The van der Waals surface area contributed by atoms with Crippen LogP contribution in [0, 0.1) is 0 Å². The average Bonchev–Trinajstić information content (AvgIpc) is 2.73. The van der Waals surface area contributed by atoms with E-state index in [4.69, 9.17) is 0 Å². The molecule has 0 saturated carbocycles. The summed E-state index contributed by atoms with van der Waals surface area (Å²) in [6.45, 7) is 3.98. The molecule has 0 spiro atoms. The van der Waals surface area contributed by atoms with E-state index in [1.165, 1.54) is 0 Å². The highest BCUT2D eigenvalue weighted by atomic mass is 16.2. The van der Waals surface area contributed by atoms with Gasteiger partial charge in [-0.15, -0.1) is 0 Å². The highest BCUT2D eigenvalue weighted by molar-refractivity contribution is 5.80. The van der Waals surface area contributed by atoms with Crippen LogP contribution in [0.3, 0.4) is 0 Å². The maximum Gasteiger partial charge on any atom is 0.224 e. The highest BCUT2D eigenvalue weighted by Crippen LogP contribution is 2.03. The molecule has 0 radical (unpaired) electrons. The minimum absolute atomic E-state index is 0.0328. The van der Waals surface area contributed by atoms with Gasteiger partial charge >= 0.3 is 0 Å². The molecule has 2 amide bonds. The van der Waals surface area contributed by atoms with Crippen LogP contribution in [0.1, 0.15) is 18.4 Å². The molecule has 1 aromatic carbocycles. The van der Waals surface area contributed by atoms with E-state index in [-0.39, 0.29) is 11.8 Å². The molecule has 120 valence electrons. The molecule has 1 heterocycles. The van der Waals surface area contributed by atoms with Gasteiger partial charge < -0.3 is 15.1 Å². The number of carbonyl (C=O) groups is 2. The van der Waals surface area contributed by atoms with Crippen LogP contribution in [0.4, 0.5) is 0 Å². The number of hydrogen-bond donors (Lipinski definition) is 1. The van der Waals surface area contributed by atoms with Gasteiger partial charge in [0.15, 0.2) is 0 Å². The molecule has 0 aromatic heterocycles. The van der Waals surface area contributed by atoms with Crippen molar-refractivity contribution in [2.24, 2.45) is 0 Å². The van der Waals surface area contributed by atoms with Gasteiger partial charge in [-0.3, -0.25) is 9.59 Å².